The third-order valence-corrected chi connectivity index (χ3v) is 2.76. The summed E-state index contributed by atoms with van der Waals surface area (Å²) in [5.41, 5.74) is 0. The second kappa shape index (κ2) is 7.17. The minimum atomic E-state index is -3.64. The highest BCUT2D eigenvalue weighted by molar-refractivity contribution is 7.89. The van der Waals surface area contributed by atoms with Crippen LogP contribution < -0.4 is 15.8 Å². The Morgan fingerprint density at radius 2 is 1.89 bits per heavy atom. The molecule has 1 atom stereocenters. The average Bonchev–Trinajstić information content (AvgIpc) is 2.13. The van der Waals surface area contributed by atoms with Crippen molar-refractivity contribution in [2.45, 2.75) is 26.3 Å². The first-order valence-electron chi connectivity index (χ1n) is 5.39. The fraction of sp³-hybridized carbons (Fsp3) is 0.778. The Morgan fingerprint density at radius 1 is 1.33 bits per heavy atom. The van der Waals surface area contributed by atoms with Crippen molar-refractivity contribution in [3.05, 3.63) is 0 Å². The van der Waals surface area contributed by atoms with Gasteiger partial charge >= 0.3 is 12.0 Å². The molecule has 0 rings (SSSR count). The molecule has 0 bridgehead atoms. The van der Waals surface area contributed by atoms with Crippen LogP contribution in [0.25, 0.3) is 0 Å². The number of nitrogens with two attached hydrogens (primary N) is 1. The Hall–Kier alpha value is -1.35. The van der Waals surface area contributed by atoms with Gasteiger partial charge in [-0.2, -0.15) is 0 Å². The van der Waals surface area contributed by atoms with Gasteiger partial charge in [-0.05, 0) is 12.3 Å². The van der Waals surface area contributed by atoms with Crippen molar-refractivity contribution in [1.29, 1.82) is 0 Å². The summed E-state index contributed by atoms with van der Waals surface area (Å²) in [5, 5.41) is 18.1. The molecule has 1 unspecified atom stereocenters. The lowest BCUT2D eigenvalue weighted by Crippen LogP contribution is -2.47. The van der Waals surface area contributed by atoms with E-state index < -0.39 is 33.8 Å². The van der Waals surface area contributed by atoms with Crippen LogP contribution in [0.5, 0.6) is 0 Å². The van der Waals surface area contributed by atoms with Crippen molar-refractivity contribution in [3.63, 3.8) is 0 Å². The second-order valence-electron chi connectivity index (χ2n) is 4.29. The van der Waals surface area contributed by atoms with Crippen LogP contribution in [0, 0.1) is 5.92 Å². The molecule has 0 saturated carbocycles. The summed E-state index contributed by atoms with van der Waals surface area (Å²) < 4.78 is 21.2. The van der Waals surface area contributed by atoms with E-state index >= 15 is 0 Å². The maximum Gasteiger partial charge on any atom is 0.326 e. The number of aliphatic carboxylic acids is 1. The Morgan fingerprint density at radius 3 is 2.28 bits per heavy atom. The van der Waals surface area contributed by atoms with Gasteiger partial charge < -0.3 is 15.7 Å². The van der Waals surface area contributed by atoms with Gasteiger partial charge in [0.25, 0.3) is 0 Å². The largest absolute Gasteiger partial charge is 0.480 e. The molecule has 0 aliphatic rings. The van der Waals surface area contributed by atoms with Crippen LogP contribution in [0.2, 0.25) is 0 Å². The molecule has 0 spiro atoms. The molecule has 8 nitrogen and oxygen atoms in total. The predicted octanol–water partition coefficient (Wildman–Crippen LogP) is -0.927. The molecule has 0 aromatic carbocycles. The zero-order valence-electron chi connectivity index (χ0n) is 10.3. The van der Waals surface area contributed by atoms with Crippen molar-refractivity contribution in [2.24, 2.45) is 11.1 Å². The highest BCUT2D eigenvalue weighted by Crippen LogP contribution is 2.04. The Balaban J connectivity index is 4.15. The number of hydrogen-bond acceptors (Lipinski definition) is 4. The van der Waals surface area contributed by atoms with E-state index in [2.05, 4.69) is 10.6 Å². The number of primary sulfonamides is 1. The molecule has 18 heavy (non-hydrogen) atoms. The molecule has 0 aliphatic carbocycles. The Bertz CT molecular complexity index is 393. The fourth-order valence-corrected chi connectivity index (χ4v) is 1.60. The Kier molecular flexibility index (Phi) is 6.63. The average molecular weight is 281 g/mol. The van der Waals surface area contributed by atoms with Crippen molar-refractivity contribution in [2.75, 3.05) is 12.3 Å². The van der Waals surface area contributed by atoms with Crippen LogP contribution in [-0.2, 0) is 14.8 Å². The number of sulfonamides is 1. The third kappa shape index (κ3) is 8.76. The number of nitrogens with one attached hydrogen (secondary N) is 2. The quantitative estimate of drug-likeness (QED) is 0.477. The Labute approximate surface area is 106 Å². The molecule has 0 heterocycles. The lowest BCUT2D eigenvalue weighted by Gasteiger charge is -2.16. The standard InChI is InChI=1S/C9H19N3O5S/c1-6(2)5-7(8(13)14)12-9(15)11-3-4-18(10,16)17/h6-7H,3-5H2,1-2H3,(H,13,14)(H2,10,16,17)(H2,11,12,15). The summed E-state index contributed by atoms with van der Waals surface area (Å²) >= 11 is 0. The molecule has 106 valence electrons. The van der Waals surface area contributed by atoms with Gasteiger partial charge in [0.2, 0.25) is 10.0 Å². The van der Waals surface area contributed by atoms with Gasteiger partial charge in [-0.1, -0.05) is 13.8 Å². The zero-order valence-corrected chi connectivity index (χ0v) is 11.2. The van der Waals surface area contributed by atoms with Crippen LogP contribution in [0.3, 0.4) is 0 Å². The summed E-state index contributed by atoms with van der Waals surface area (Å²) in [6, 6.07) is -1.73. The highest BCUT2D eigenvalue weighted by Gasteiger charge is 2.20. The van der Waals surface area contributed by atoms with E-state index in [0.717, 1.165) is 0 Å². The molecule has 5 N–H and O–H groups in total. The molecule has 0 aromatic heterocycles. The molecule has 0 radical (unpaired) electrons. The number of carbonyl (C=O) groups excluding carboxylic acids is 1. The number of carboxylic acids is 1. The van der Waals surface area contributed by atoms with Crippen molar-refractivity contribution >= 4 is 22.0 Å². The maximum atomic E-state index is 11.3. The van der Waals surface area contributed by atoms with Crippen LogP contribution in [-0.4, -0.2) is 43.9 Å². The van der Waals surface area contributed by atoms with E-state index in [9.17, 15) is 18.0 Å². The van der Waals surface area contributed by atoms with E-state index in [1.807, 2.05) is 13.8 Å². The van der Waals surface area contributed by atoms with Crippen LogP contribution in [0.4, 0.5) is 4.79 Å². The lowest BCUT2D eigenvalue weighted by atomic mass is 10.0. The van der Waals surface area contributed by atoms with E-state index in [1.165, 1.54) is 0 Å². The number of hydrogen-bond donors (Lipinski definition) is 4. The fourth-order valence-electron chi connectivity index (χ4n) is 1.21. The maximum absolute atomic E-state index is 11.3. The minimum absolute atomic E-state index is 0.107. The molecule has 2 amide bonds. The van der Waals surface area contributed by atoms with E-state index in [1.54, 1.807) is 0 Å². The van der Waals surface area contributed by atoms with E-state index in [0.29, 0.717) is 0 Å². The number of urea groups is 1. The summed E-state index contributed by atoms with van der Waals surface area (Å²) in [6.07, 6.45) is 0.290. The van der Waals surface area contributed by atoms with Crippen molar-refractivity contribution < 1.29 is 23.1 Å². The number of carboxylic acid groups (broad SMARTS) is 1. The smallest absolute Gasteiger partial charge is 0.326 e. The summed E-state index contributed by atoms with van der Waals surface area (Å²) in [7, 11) is -3.64. The van der Waals surface area contributed by atoms with Crippen LogP contribution >= 0.6 is 0 Å². The molecular formula is C9H19N3O5S. The lowest BCUT2D eigenvalue weighted by molar-refractivity contribution is -0.139. The number of carbonyl (C=O) groups is 2. The summed E-state index contributed by atoms with van der Waals surface area (Å²) in [5.74, 6) is -1.43. The molecule has 0 fully saturated rings. The van der Waals surface area contributed by atoms with Gasteiger partial charge in [-0.25, -0.2) is 23.1 Å². The first-order chi connectivity index (χ1) is 8.11. The van der Waals surface area contributed by atoms with Gasteiger partial charge in [-0.3, -0.25) is 0 Å². The molecule has 9 heteroatoms. The van der Waals surface area contributed by atoms with Gasteiger partial charge in [0.15, 0.2) is 0 Å². The minimum Gasteiger partial charge on any atom is -0.480 e. The van der Waals surface area contributed by atoms with Crippen LogP contribution in [0.1, 0.15) is 20.3 Å². The monoisotopic (exact) mass is 281 g/mol. The molecule has 0 saturated heterocycles. The highest BCUT2D eigenvalue weighted by atomic mass is 32.2. The van der Waals surface area contributed by atoms with Gasteiger partial charge in [0.05, 0.1) is 5.75 Å². The molecule has 0 aliphatic heterocycles. The van der Waals surface area contributed by atoms with E-state index in [4.69, 9.17) is 10.2 Å². The van der Waals surface area contributed by atoms with Crippen molar-refractivity contribution in [3.8, 4) is 0 Å². The number of rotatable bonds is 7. The summed E-state index contributed by atoms with van der Waals surface area (Å²) in [4.78, 5) is 22.1. The van der Waals surface area contributed by atoms with Crippen molar-refractivity contribution in [1.82, 2.24) is 10.6 Å². The van der Waals surface area contributed by atoms with E-state index in [-0.39, 0.29) is 18.9 Å². The van der Waals surface area contributed by atoms with Gasteiger partial charge in [0.1, 0.15) is 6.04 Å². The normalized spacial score (nSPS) is 13.1. The molecule has 0 aromatic rings. The number of amides is 2. The first-order valence-corrected chi connectivity index (χ1v) is 7.11. The van der Waals surface area contributed by atoms with Crippen LogP contribution in [0.15, 0.2) is 0 Å². The second-order valence-corrected chi connectivity index (χ2v) is 6.02. The predicted molar refractivity (Wildman–Crippen MR) is 65.4 cm³/mol. The van der Waals surface area contributed by atoms with Gasteiger partial charge in [0, 0.05) is 6.54 Å². The summed E-state index contributed by atoms with van der Waals surface area (Å²) in [6.45, 7) is 3.49. The van der Waals surface area contributed by atoms with Gasteiger partial charge in [-0.15, -0.1) is 0 Å². The molecular weight excluding hydrogens is 262 g/mol. The third-order valence-electron chi connectivity index (χ3n) is 1.98. The first kappa shape index (κ1) is 16.6. The topological polar surface area (TPSA) is 139 Å². The SMILES string of the molecule is CC(C)CC(NC(=O)NCCS(N)(=O)=O)C(=O)O. The zero-order chi connectivity index (χ0) is 14.3.